The zero-order valence-electron chi connectivity index (χ0n) is 9.84. The fraction of sp³-hybridized carbons (Fsp3) is 0.538. The molecule has 94 valence electrons. The van der Waals surface area contributed by atoms with Crippen molar-refractivity contribution in [2.75, 3.05) is 13.7 Å². The van der Waals surface area contributed by atoms with E-state index in [1.54, 1.807) is 12.1 Å². The van der Waals surface area contributed by atoms with Gasteiger partial charge < -0.3 is 10.4 Å². The zero-order valence-corrected chi connectivity index (χ0v) is 11.4. The molecule has 0 bridgehead atoms. The summed E-state index contributed by atoms with van der Waals surface area (Å²) in [4.78, 5) is 0. The second kappa shape index (κ2) is 5.04. The van der Waals surface area contributed by atoms with Crippen molar-refractivity contribution in [3.63, 3.8) is 0 Å². The maximum Gasteiger partial charge on any atom is 0.128 e. The molecule has 1 aliphatic carbocycles. The Labute approximate surface area is 109 Å². The van der Waals surface area contributed by atoms with E-state index < -0.39 is 0 Å². The molecule has 0 radical (unpaired) electrons. The molecule has 1 saturated carbocycles. The summed E-state index contributed by atoms with van der Waals surface area (Å²) in [6.45, 7) is 0.102. The summed E-state index contributed by atoms with van der Waals surface area (Å²) >= 11 is 3.37. The average molecular weight is 302 g/mol. The van der Waals surface area contributed by atoms with E-state index in [0.29, 0.717) is 5.56 Å². The Kier molecular flexibility index (Phi) is 3.85. The van der Waals surface area contributed by atoms with Crippen LogP contribution in [0.2, 0.25) is 0 Å². The first-order valence-corrected chi connectivity index (χ1v) is 6.65. The van der Waals surface area contributed by atoms with Gasteiger partial charge in [-0.25, -0.2) is 4.39 Å². The van der Waals surface area contributed by atoms with E-state index in [0.717, 1.165) is 23.7 Å². The molecule has 0 saturated heterocycles. The van der Waals surface area contributed by atoms with Crippen LogP contribution in [0.3, 0.4) is 0 Å². The Morgan fingerprint density at radius 2 is 2.24 bits per heavy atom. The van der Waals surface area contributed by atoms with E-state index in [2.05, 4.69) is 21.2 Å². The minimum Gasteiger partial charge on any atom is -0.396 e. The third kappa shape index (κ3) is 2.26. The van der Waals surface area contributed by atoms with Crippen molar-refractivity contribution in [3.05, 3.63) is 34.1 Å². The fourth-order valence-electron chi connectivity index (χ4n) is 2.70. The number of nitrogens with one attached hydrogen (secondary N) is 1. The SMILES string of the molecule is CNC(c1cc(Br)ccc1F)C1(CO)CCC1. The summed E-state index contributed by atoms with van der Waals surface area (Å²) in [7, 11) is 1.82. The van der Waals surface area contributed by atoms with E-state index in [1.165, 1.54) is 6.07 Å². The molecule has 1 unspecified atom stereocenters. The average Bonchev–Trinajstić information content (AvgIpc) is 2.27. The lowest BCUT2D eigenvalue weighted by Crippen LogP contribution is -2.45. The van der Waals surface area contributed by atoms with Crippen LogP contribution in [0.5, 0.6) is 0 Å². The number of halogens is 2. The largest absolute Gasteiger partial charge is 0.396 e. The molecule has 0 aliphatic heterocycles. The Morgan fingerprint density at radius 1 is 1.53 bits per heavy atom. The molecule has 17 heavy (non-hydrogen) atoms. The number of aliphatic hydroxyl groups is 1. The van der Waals surface area contributed by atoms with Crippen LogP contribution in [-0.2, 0) is 0 Å². The molecule has 0 heterocycles. The van der Waals surface area contributed by atoms with Gasteiger partial charge >= 0.3 is 0 Å². The van der Waals surface area contributed by atoms with E-state index in [9.17, 15) is 9.50 Å². The lowest BCUT2D eigenvalue weighted by molar-refractivity contribution is 0.00672. The first-order chi connectivity index (χ1) is 8.13. The van der Waals surface area contributed by atoms with Gasteiger partial charge in [0.05, 0.1) is 6.61 Å². The number of rotatable bonds is 4. The predicted octanol–water partition coefficient (Wildman–Crippen LogP) is 3.01. The van der Waals surface area contributed by atoms with Crippen LogP contribution in [0.25, 0.3) is 0 Å². The maximum atomic E-state index is 13.9. The van der Waals surface area contributed by atoms with Crippen LogP contribution >= 0.6 is 15.9 Å². The lowest BCUT2D eigenvalue weighted by atomic mass is 9.63. The Hall–Kier alpha value is -0.450. The number of hydrogen-bond acceptors (Lipinski definition) is 2. The zero-order chi connectivity index (χ0) is 12.5. The Morgan fingerprint density at radius 3 is 2.71 bits per heavy atom. The molecule has 1 atom stereocenters. The van der Waals surface area contributed by atoms with Crippen LogP contribution in [0.1, 0.15) is 30.9 Å². The van der Waals surface area contributed by atoms with Gasteiger partial charge in [-0.15, -0.1) is 0 Å². The van der Waals surface area contributed by atoms with Crippen LogP contribution in [0.4, 0.5) is 4.39 Å². The monoisotopic (exact) mass is 301 g/mol. The fourth-order valence-corrected chi connectivity index (χ4v) is 3.08. The van der Waals surface area contributed by atoms with Crippen LogP contribution in [0.15, 0.2) is 22.7 Å². The highest BCUT2D eigenvalue weighted by Crippen LogP contribution is 2.50. The van der Waals surface area contributed by atoms with Crippen molar-refractivity contribution in [1.29, 1.82) is 0 Å². The summed E-state index contributed by atoms with van der Waals surface area (Å²) < 4.78 is 14.8. The van der Waals surface area contributed by atoms with Crippen LogP contribution in [0, 0.1) is 11.2 Å². The summed E-state index contributed by atoms with van der Waals surface area (Å²) in [5.74, 6) is -0.215. The molecule has 0 aromatic heterocycles. The molecule has 1 aromatic rings. The van der Waals surface area contributed by atoms with E-state index in [1.807, 2.05) is 7.05 Å². The van der Waals surface area contributed by atoms with E-state index in [4.69, 9.17) is 0 Å². The molecule has 2 rings (SSSR count). The number of aliphatic hydroxyl groups excluding tert-OH is 1. The maximum absolute atomic E-state index is 13.9. The van der Waals surface area contributed by atoms with Crippen molar-refractivity contribution in [1.82, 2.24) is 5.32 Å². The smallest absolute Gasteiger partial charge is 0.128 e. The minimum absolute atomic E-state index is 0.102. The second-order valence-electron chi connectivity index (χ2n) is 4.76. The number of benzene rings is 1. The molecule has 0 amide bonds. The van der Waals surface area contributed by atoms with Gasteiger partial charge in [-0.2, -0.15) is 0 Å². The highest BCUT2D eigenvalue weighted by atomic mass is 79.9. The molecule has 4 heteroatoms. The standard InChI is InChI=1S/C13H17BrFNO/c1-16-12(13(8-17)5-2-6-13)10-7-9(14)3-4-11(10)15/h3-4,7,12,16-17H,2,5-6,8H2,1H3. The van der Waals surface area contributed by atoms with E-state index in [-0.39, 0.29) is 23.9 Å². The summed E-state index contributed by atoms with van der Waals surface area (Å²) in [5.41, 5.74) is 0.437. The first kappa shape index (κ1) is 13.0. The Bertz CT molecular complexity index is 401. The molecular weight excluding hydrogens is 285 g/mol. The molecule has 1 fully saturated rings. The van der Waals surface area contributed by atoms with Gasteiger partial charge in [0.15, 0.2) is 0 Å². The van der Waals surface area contributed by atoms with Gasteiger partial charge in [-0.3, -0.25) is 0 Å². The third-order valence-corrected chi connectivity index (χ3v) is 4.33. The van der Waals surface area contributed by atoms with Crippen molar-refractivity contribution in [3.8, 4) is 0 Å². The third-order valence-electron chi connectivity index (χ3n) is 3.83. The van der Waals surface area contributed by atoms with Crippen LogP contribution in [-0.4, -0.2) is 18.8 Å². The minimum atomic E-state index is -0.215. The van der Waals surface area contributed by atoms with Crippen LogP contribution < -0.4 is 5.32 Å². The summed E-state index contributed by atoms with van der Waals surface area (Å²) in [5, 5.41) is 12.7. The van der Waals surface area contributed by atoms with E-state index >= 15 is 0 Å². The summed E-state index contributed by atoms with van der Waals surface area (Å²) in [6.07, 6.45) is 3.00. The second-order valence-corrected chi connectivity index (χ2v) is 5.68. The molecule has 0 spiro atoms. The molecule has 2 N–H and O–H groups in total. The van der Waals surface area contributed by atoms with Crippen molar-refractivity contribution < 1.29 is 9.50 Å². The van der Waals surface area contributed by atoms with Gasteiger partial charge in [0.2, 0.25) is 0 Å². The molecule has 1 aromatic carbocycles. The van der Waals surface area contributed by atoms with Gasteiger partial charge in [-0.1, -0.05) is 22.4 Å². The summed E-state index contributed by atoms with van der Waals surface area (Å²) in [6, 6.07) is 4.83. The van der Waals surface area contributed by atoms with Gasteiger partial charge in [0.1, 0.15) is 5.82 Å². The first-order valence-electron chi connectivity index (χ1n) is 5.86. The predicted molar refractivity (Wildman–Crippen MR) is 69.3 cm³/mol. The highest BCUT2D eigenvalue weighted by Gasteiger charge is 2.44. The quantitative estimate of drug-likeness (QED) is 0.896. The van der Waals surface area contributed by atoms with Crippen molar-refractivity contribution >= 4 is 15.9 Å². The molecular formula is C13H17BrFNO. The van der Waals surface area contributed by atoms with Gasteiger partial charge in [0.25, 0.3) is 0 Å². The molecule has 2 nitrogen and oxygen atoms in total. The lowest BCUT2D eigenvalue weighted by Gasteiger charge is -2.46. The highest BCUT2D eigenvalue weighted by molar-refractivity contribution is 9.10. The van der Waals surface area contributed by atoms with Gasteiger partial charge in [-0.05, 0) is 38.1 Å². The molecule has 1 aliphatic rings. The van der Waals surface area contributed by atoms with Gasteiger partial charge in [0, 0.05) is 21.5 Å². The Balaban J connectivity index is 2.37. The van der Waals surface area contributed by atoms with Crippen molar-refractivity contribution in [2.45, 2.75) is 25.3 Å². The van der Waals surface area contributed by atoms with Crippen molar-refractivity contribution in [2.24, 2.45) is 5.41 Å². The number of hydrogen-bond donors (Lipinski definition) is 2. The topological polar surface area (TPSA) is 32.3 Å². The normalized spacial score (nSPS) is 19.8.